The Hall–Kier alpha value is -3.86. The second-order valence-corrected chi connectivity index (χ2v) is 8.11. The predicted octanol–water partition coefficient (Wildman–Crippen LogP) is 4.86. The van der Waals surface area contributed by atoms with E-state index in [0.29, 0.717) is 13.1 Å². The number of piperazine rings is 1. The fraction of sp³-hybridized carbons (Fsp3) is 0.214. The highest BCUT2D eigenvalue weighted by Gasteiger charge is 2.22. The minimum atomic E-state index is -0.161. The van der Waals surface area contributed by atoms with Crippen LogP contribution >= 0.6 is 0 Å². The standard InChI is InChI=1S/C28H29N3O2/c1-2-22-8-11-24(12-9-22)28(33)31-20-18-30(19-21-31)26-15-13-25(14-16-26)29-27(32)17-10-23-6-4-3-5-7-23/h3-17H,2,18-21H2,1H3,(H,29,32)/b17-10+. The molecule has 1 N–H and O–H groups in total. The molecule has 4 rings (SSSR count). The minimum Gasteiger partial charge on any atom is -0.368 e. The summed E-state index contributed by atoms with van der Waals surface area (Å²) in [5.74, 6) is -0.0652. The van der Waals surface area contributed by atoms with Gasteiger partial charge in [-0.15, -0.1) is 0 Å². The van der Waals surface area contributed by atoms with Gasteiger partial charge in [0.05, 0.1) is 0 Å². The maximum absolute atomic E-state index is 12.8. The van der Waals surface area contributed by atoms with Gasteiger partial charge in [-0.1, -0.05) is 49.4 Å². The minimum absolute atomic E-state index is 0.0962. The molecule has 5 heteroatoms. The second kappa shape index (κ2) is 10.6. The summed E-state index contributed by atoms with van der Waals surface area (Å²) in [5.41, 5.74) is 4.82. The molecule has 0 atom stereocenters. The van der Waals surface area contributed by atoms with Crippen LogP contribution in [-0.4, -0.2) is 42.9 Å². The molecule has 1 aliphatic rings. The smallest absolute Gasteiger partial charge is 0.253 e. The third kappa shape index (κ3) is 5.89. The van der Waals surface area contributed by atoms with Gasteiger partial charge in [0.25, 0.3) is 5.91 Å². The van der Waals surface area contributed by atoms with E-state index in [9.17, 15) is 9.59 Å². The molecule has 0 aromatic heterocycles. The van der Waals surface area contributed by atoms with Crippen LogP contribution in [0.15, 0.2) is 84.9 Å². The fourth-order valence-corrected chi connectivity index (χ4v) is 3.91. The lowest BCUT2D eigenvalue weighted by atomic mass is 10.1. The van der Waals surface area contributed by atoms with Crippen molar-refractivity contribution in [1.82, 2.24) is 4.90 Å². The van der Waals surface area contributed by atoms with E-state index in [2.05, 4.69) is 17.1 Å². The van der Waals surface area contributed by atoms with E-state index in [1.807, 2.05) is 83.8 Å². The van der Waals surface area contributed by atoms with Gasteiger partial charge in [0.15, 0.2) is 0 Å². The Balaban J connectivity index is 1.28. The molecule has 33 heavy (non-hydrogen) atoms. The van der Waals surface area contributed by atoms with Gasteiger partial charge in [0, 0.05) is 49.2 Å². The van der Waals surface area contributed by atoms with Gasteiger partial charge in [-0.25, -0.2) is 0 Å². The summed E-state index contributed by atoms with van der Waals surface area (Å²) < 4.78 is 0. The van der Waals surface area contributed by atoms with E-state index in [-0.39, 0.29) is 11.8 Å². The quantitative estimate of drug-likeness (QED) is 0.558. The lowest BCUT2D eigenvalue weighted by Crippen LogP contribution is -2.48. The number of carbonyl (C=O) groups is 2. The van der Waals surface area contributed by atoms with Crippen LogP contribution in [0.3, 0.4) is 0 Å². The third-order valence-electron chi connectivity index (χ3n) is 5.90. The molecule has 0 saturated carbocycles. The highest BCUT2D eigenvalue weighted by molar-refractivity contribution is 6.02. The van der Waals surface area contributed by atoms with Gasteiger partial charge >= 0.3 is 0 Å². The summed E-state index contributed by atoms with van der Waals surface area (Å²) in [6, 6.07) is 25.5. The molecule has 168 valence electrons. The van der Waals surface area contributed by atoms with Crippen molar-refractivity contribution in [2.45, 2.75) is 13.3 Å². The van der Waals surface area contributed by atoms with Crippen LogP contribution < -0.4 is 10.2 Å². The van der Waals surface area contributed by atoms with Crippen molar-refractivity contribution < 1.29 is 9.59 Å². The second-order valence-electron chi connectivity index (χ2n) is 8.11. The number of aryl methyl sites for hydroxylation is 1. The van der Waals surface area contributed by atoms with Crippen LogP contribution in [0.5, 0.6) is 0 Å². The largest absolute Gasteiger partial charge is 0.368 e. The molecule has 1 aliphatic heterocycles. The molecule has 5 nitrogen and oxygen atoms in total. The predicted molar refractivity (Wildman–Crippen MR) is 134 cm³/mol. The number of carbonyl (C=O) groups excluding carboxylic acids is 2. The molecule has 0 unspecified atom stereocenters. The summed E-state index contributed by atoms with van der Waals surface area (Å²) in [4.78, 5) is 29.2. The summed E-state index contributed by atoms with van der Waals surface area (Å²) >= 11 is 0. The first kappa shape index (κ1) is 22.3. The first-order chi connectivity index (χ1) is 16.1. The average Bonchev–Trinajstić information content (AvgIpc) is 2.88. The topological polar surface area (TPSA) is 52.7 Å². The Morgan fingerprint density at radius 3 is 2.15 bits per heavy atom. The maximum Gasteiger partial charge on any atom is 0.253 e. The molecule has 0 spiro atoms. The van der Waals surface area contributed by atoms with Crippen molar-refractivity contribution in [3.8, 4) is 0 Å². The molecular formula is C28H29N3O2. The fourth-order valence-electron chi connectivity index (χ4n) is 3.91. The summed E-state index contributed by atoms with van der Waals surface area (Å²) in [5, 5.41) is 2.89. The number of rotatable bonds is 6. The number of nitrogens with zero attached hydrogens (tertiary/aromatic N) is 2. The van der Waals surface area contributed by atoms with Crippen molar-refractivity contribution >= 4 is 29.3 Å². The molecule has 0 aliphatic carbocycles. The van der Waals surface area contributed by atoms with Crippen LogP contribution in [-0.2, 0) is 11.2 Å². The van der Waals surface area contributed by atoms with Crippen molar-refractivity contribution in [2.24, 2.45) is 0 Å². The van der Waals surface area contributed by atoms with Crippen molar-refractivity contribution in [2.75, 3.05) is 36.4 Å². The molecule has 2 amide bonds. The molecule has 1 heterocycles. The Bertz CT molecular complexity index is 1100. The van der Waals surface area contributed by atoms with Gasteiger partial charge < -0.3 is 15.1 Å². The molecule has 1 saturated heterocycles. The molecular weight excluding hydrogens is 410 g/mol. The first-order valence-corrected chi connectivity index (χ1v) is 11.4. The number of nitrogens with one attached hydrogen (secondary N) is 1. The Morgan fingerprint density at radius 2 is 1.52 bits per heavy atom. The number of hydrogen-bond acceptors (Lipinski definition) is 3. The molecule has 1 fully saturated rings. The van der Waals surface area contributed by atoms with Crippen LogP contribution in [0.2, 0.25) is 0 Å². The third-order valence-corrected chi connectivity index (χ3v) is 5.90. The monoisotopic (exact) mass is 439 g/mol. The van der Waals surface area contributed by atoms with E-state index in [4.69, 9.17) is 0 Å². The average molecular weight is 440 g/mol. The van der Waals surface area contributed by atoms with Crippen LogP contribution in [0.1, 0.15) is 28.4 Å². The highest BCUT2D eigenvalue weighted by Crippen LogP contribution is 2.20. The zero-order valence-corrected chi connectivity index (χ0v) is 18.9. The Morgan fingerprint density at radius 1 is 0.848 bits per heavy atom. The Kier molecular flexibility index (Phi) is 7.20. The SMILES string of the molecule is CCc1ccc(C(=O)N2CCN(c3ccc(NC(=O)/C=C/c4ccccc4)cc3)CC2)cc1. The zero-order chi connectivity index (χ0) is 23.0. The van der Waals surface area contributed by atoms with Gasteiger partial charge in [-0.05, 0) is 60.0 Å². The number of hydrogen-bond donors (Lipinski definition) is 1. The van der Waals surface area contributed by atoms with Gasteiger partial charge in [0.2, 0.25) is 5.91 Å². The van der Waals surface area contributed by atoms with Gasteiger partial charge in [0.1, 0.15) is 0 Å². The zero-order valence-electron chi connectivity index (χ0n) is 18.9. The molecule has 0 bridgehead atoms. The van der Waals surface area contributed by atoms with Crippen molar-refractivity contribution in [1.29, 1.82) is 0 Å². The number of anilines is 2. The molecule has 3 aromatic carbocycles. The van der Waals surface area contributed by atoms with Crippen LogP contribution in [0, 0.1) is 0 Å². The number of amides is 2. The van der Waals surface area contributed by atoms with Gasteiger partial charge in [-0.3, -0.25) is 9.59 Å². The summed E-state index contributed by atoms with van der Waals surface area (Å²) in [6.07, 6.45) is 4.30. The number of benzene rings is 3. The van der Waals surface area contributed by atoms with E-state index < -0.39 is 0 Å². The summed E-state index contributed by atoms with van der Waals surface area (Å²) in [7, 11) is 0. The summed E-state index contributed by atoms with van der Waals surface area (Å²) in [6.45, 7) is 5.06. The molecule has 0 radical (unpaired) electrons. The maximum atomic E-state index is 12.8. The van der Waals surface area contributed by atoms with E-state index in [1.54, 1.807) is 6.08 Å². The van der Waals surface area contributed by atoms with Crippen LogP contribution in [0.4, 0.5) is 11.4 Å². The Labute approximate surface area is 195 Å². The van der Waals surface area contributed by atoms with E-state index in [1.165, 1.54) is 11.6 Å². The lowest BCUT2D eigenvalue weighted by molar-refractivity contribution is -0.111. The van der Waals surface area contributed by atoms with Crippen molar-refractivity contribution in [3.63, 3.8) is 0 Å². The van der Waals surface area contributed by atoms with E-state index in [0.717, 1.165) is 42.0 Å². The van der Waals surface area contributed by atoms with Crippen LogP contribution in [0.25, 0.3) is 6.08 Å². The first-order valence-electron chi connectivity index (χ1n) is 11.4. The van der Waals surface area contributed by atoms with E-state index >= 15 is 0 Å². The van der Waals surface area contributed by atoms with Gasteiger partial charge in [-0.2, -0.15) is 0 Å². The van der Waals surface area contributed by atoms with Crippen molar-refractivity contribution in [3.05, 3.63) is 102 Å². The molecule has 3 aromatic rings. The highest BCUT2D eigenvalue weighted by atomic mass is 16.2. The lowest BCUT2D eigenvalue weighted by Gasteiger charge is -2.36. The normalized spacial score (nSPS) is 13.8.